The minimum Gasteiger partial charge on any atom is -0.258 e. The summed E-state index contributed by atoms with van der Waals surface area (Å²) in [6.45, 7) is 2.27. The fourth-order valence-corrected chi connectivity index (χ4v) is 3.41. The SMILES string of the molecule is CCCCCCCCCCCSc1n[nH]c(-c2ccccc2)n1. The average Bonchev–Trinajstić information content (AvgIpc) is 3.06. The Morgan fingerprint density at radius 1 is 0.870 bits per heavy atom. The van der Waals surface area contributed by atoms with Crippen LogP contribution in [0.4, 0.5) is 0 Å². The smallest absolute Gasteiger partial charge is 0.208 e. The second-order valence-corrected chi connectivity index (χ2v) is 7.07. The number of benzene rings is 1. The Kier molecular flexibility index (Phi) is 8.85. The summed E-state index contributed by atoms with van der Waals surface area (Å²) < 4.78 is 0. The summed E-state index contributed by atoms with van der Waals surface area (Å²) in [5.74, 6) is 1.97. The molecule has 0 aliphatic carbocycles. The third-order valence-electron chi connectivity index (χ3n) is 3.99. The van der Waals surface area contributed by atoms with E-state index in [1.165, 1.54) is 57.8 Å². The highest BCUT2D eigenvalue weighted by Crippen LogP contribution is 2.20. The van der Waals surface area contributed by atoms with Gasteiger partial charge in [-0.1, -0.05) is 100 Å². The molecule has 0 radical (unpaired) electrons. The van der Waals surface area contributed by atoms with Gasteiger partial charge in [0.15, 0.2) is 5.82 Å². The third kappa shape index (κ3) is 7.21. The molecule has 0 fully saturated rings. The largest absolute Gasteiger partial charge is 0.258 e. The van der Waals surface area contributed by atoms with Crippen LogP contribution in [0, 0.1) is 0 Å². The molecule has 1 aromatic heterocycles. The highest BCUT2D eigenvalue weighted by molar-refractivity contribution is 7.99. The number of aromatic nitrogens is 3. The van der Waals surface area contributed by atoms with Crippen molar-refractivity contribution in [3.05, 3.63) is 30.3 Å². The van der Waals surface area contributed by atoms with Gasteiger partial charge < -0.3 is 0 Å². The molecular weight excluding hydrogens is 302 g/mol. The van der Waals surface area contributed by atoms with E-state index in [1.807, 2.05) is 18.2 Å². The van der Waals surface area contributed by atoms with Gasteiger partial charge in [0.05, 0.1) is 0 Å². The number of nitrogens with zero attached hydrogens (tertiary/aromatic N) is 2. The van der Waals surface area contributed by atoms with Crippen LogP contribution in [-0.2, 0) is 0 Å². The number of unbranched alkanes of at least 4 members (excludes halogenated alkanes) is 8. The zero-order chi connectivity index (χ0) is 16.2. The summed E-state index contributed by atoms with van der Waals surface area (Å²) in [6.07, 6.45) is 12.3. The van der Waals surface area contributed by atoms with Gasteiger partial charge in [0, 0.05) is 11.3 Å². The van der Waals surface area contributed by atoms with Crippen LogP contribution < -0.4 is 0 Å². The Hall–Kier alpha value is -1.29. The van der Waals surface area contributed by atoms with E-state index in [0.717, 1.165) is 22.3 Å². The van der Waals surface area contributed by atoms with Crippen molar-refractivity contribution in [2.75, 3.05) is 5.75 Å². The molecule has 2 aromatic rings. The van der Waals surface area contributed by atoms with Gasteiger partial charge in [0.2, 0.25) is 5.16 Å². The fraction of sp³-hybridized carbons (Fsp3) is 0.579. The molecular formula is C19H29N3S. The number of H-pyrrole nitrogens is 1. The van der Waals surface area contributed by atoms with Crippen LogP contribution in [0.2, 0.25) is 0 Å². The lowest BCUT2D eigenvalue weighted by molar-refractivity contribution is 0.573. The van der Waals surface area contributed by atoms with Crippen molar-refractivity contribution < 1.29 is 0 Å². The molecule has 0 saturated carbocycles. The highest BCUT2D eigenvalue weighted by atomic mass is 32.2. The fourth-order valence-electron chi connectivity index (χ4n) is 2.61. The molecule has 4 heteroatoms. The Bertz CT molecular complexity index is 524. The maximum atomic E-state index is 4.55. The molecule has 1 N–H and O–H groups in total. The lowest BCUT2D eigenvalue weighted by atomic mass is 10.1. The molecule has 2 rings (SSSR count). The van der Waals surface area contributed by atoms with Crippen molar-refractivity contribution in [2.24, 2.45) is 0 Å². The van der Waals surface area contributed by atoms with Gasteiger partial charge in [-0.15, -0.1) is 5.10 Å². The Labute approximate surface area is 144 Å². The first-order chi connectivity index (χ1) is 11.4. The molecule has 0 amide bonds. The molecule has 0 aliphatic heterocycles. The summed E-state index contributed by atoms with van der Waals surface area (Å²) in [6, 6.07) is 10.2. The molecule has 1 aromatic carbocycles. The lowest BCUT2D eigenvalue weighted by Gasteiger charge is -2.01. The number of nitrogens with one attached hydrogen (secondary N) is 1. The highest BCUT2D eigenvalue weighted by Gasteiger charge is 2.05. The first-order valence-electron chi connectivity index (χ1n) is 9.01. The van der Waals surface area contributed by atoms with Crippen molar-refractivity contribution in [1.29, 1.82) is 0 Å². The van der Waals surface area contributed by atoms with E-state index in [0.29, 0.717) is 0 Å². The Morgan fingerprint density at radius 2 is 1.52 bits per heavy atom. The minimum absolute atomic E-state index is 0.861. The summed E-state index contributed by atoms with van der Waals surface area (Å²) in [5.41, 5.74) is 1.09. The van der Waals surface area contributed by atoms with Crippen LogP contribution in [0.25, 0.3) is 11.4 Å². The molecule has 0 spiro atoms. The van der Waals surface area contributed by atoms with Crippen molar-refractivity contribution in [3.63, 3.8) is 0 Å². The maximum Gasteiger partial charge on any atom is 0.208 e. The lowest BCUT2D eigenvalue weighted by Crippen LogP contribution is -1.85. The molecule has 0 atom stereocenters. The number of hydrogen-bond acceptors (Lipinski definition) is 3. The first-order valence-corrected chi connectivity index (χ1v) is 9.99. The molecule has 0 unspecified atom stereocenters. The van der Waals surface area contributed by atoms with Crippen molar-refractivity contribution in [2.45, 2.75) is 69.9 Å². The van der Waals surface area contributed by atoms with E-state index in [4.69, 9.17) is 0 Å². The number of thioether (sulfide) groups is 1. The standard InChI is InChI=1S/C19H29N3S/c1-2-3-4-5-6-7-8-9-13-16-23-19-20-18(21-22-19)17-14-11-10-12-15-17/h10-12,14-15H,2-9,13,16H2,1H3,(H,20,21,22). The molecule has 1 heterocycles. The Morgan fingerprint density at radius 3 is 2.22 bits per heavy atom. The summed E-state index contributed by atoms with van der Waals surface area (Å²) in [5, 5.41) is 8.19. The zero-order valence-electron chi connectivity index (χ0n) is 14.3. The predicted molar refractivity (Wildman–Crippen MR) is 99.8 cm³/mol. The monoisotopic (exact) mass is 331 g/mol. The van der Waals surface area contributed by atoms with Crippen molar-refractivity contribution >= 4 is 11.8 Å². The number of aromatic amines is 1. The second kappa shape index (κ2) is 11.3. The molecule has 0 aliphatic rings. The maximum absolute atomic E-state index is 4.55. The number of rotatable bonds is 12. The normalized spacial score (nSPS) is 11.0. The van der Waals surface area contributed by atoms with Gasteiger partial charge in [0.1, 0.15) is 0 Å². The molecule has 3 nitrogen and oxygen atoms in total. The van der Waals surface area contributed by atoms with Gasteiger partial charge in [0.25, 0.3) is 0 Å². The molecule has 0 saturated heterocycles. The second-order valence-electron chi connectivity index (χ2n) is 6.01. The van der Waals surface area contributed by atoms with E-state index < -0.39 is 0 Å². The predicted octanol–water partition coefficient (Wildman–Crippen LogP) is 6.09. The van der Waals surface area contributed by atoms with Crippen LogP contribution in [0.5, 0.6) is 0 Å². The van der Waals surface area contributed by atoms with Gasteiger partial charge >= 0.3 is 0 Å². The Balaban J connectivity index is 1.53. The topological polar surface area (TPSA) is 41.6 Å². The summed E-state index contributed by atoms with van der Waals surface area (Å²) in [7, 11) is 0. The van der Waals surface area contributed by atoms with E-state index >= 15 is 0 Å². The molecule has 23 heavy (non-hydrogen) atoms. The van der Waals surface area contributed by atoms with Crippen LogP contribution in [0.15, 0.2) is 35.5 Å². The quantitative estimate of drug-likeness (QED) is 0.378. The van der Waals surface area contributed by atoms with Crippen LogP contribution in [-0.4, -0.2) is 20.9 Å². The van der Waals surface area contributed by atoms with Crippen LogP contribution in [0.1, 0.15) is 64.7 Å². The minimum atomic E-state index is 0.861. The van der Waals surface area contributed by atoms with Gasteiger partial charge in [-0.3, -0.25) is 5.10 Å². The van der Waals surface area contributed by atoms with Crippen molar-refractivity contribution in [1.82, 2.24) is 15.2 Å². The van der Waals surface area contributed by atoms with E-state index in [9.17, 15) is 0 Å². The summed E-state index contributed by atoms with van der Waals surface area (Å²) >= 11 is 1.76. The number of hydrogen-bond donors (Lipinski definition) is 1. The summed E-state index contributed by atoms with van der Waals surface area (Å²) in [4.78, 5) is 4.55. The van der Waals surface area contributed by atoms with Gasteiger partial charge in [-0.2, -0.15) is 0 Å². The van der Waals surface area contributed by atoms with E-state index in [2.05, 4.69) is 34.2 Å². The van der Waals surface area contributed by atoms with Gasteiger partial charge in [-0.25, -0.2) is 4.98 Å². The third-order valence-corrected chi connectivity index (χ3v) is 4.92. The van der Waals surface area contributed by atoms with Crippen LogP contribution >= 0.6 is 11.8 Å². The van der Waals surface area contributed by atoms with E-state index in [-0.39, 0.29) is 0 Å². The molecule has 126 valence electrons. The van der Waals surface area contributed by atoms with Crippen molar-refractivity contribution in [3.8, 4) is 11.4 Å². The first kappa shape index (κ1) is 18.1. The van der Waals surface area contributed by atoms with Gasteiger partial charge in [-0.05, 0) is 6.42 Å². The van der Waals surface area contributed by atoms with Crippen LogP contribution in [0.3, 0.4) is 0 Å². The molecule has 0 bridgehead atoms. The average molecular weight is 332 g/mol. The van der Waals surface area contributed by atoms with E-state index in [1.54, 1.807) is 11.8 Å². The zero-order valence-corrected chi connectivity index (χ0v) is 15.1.